The number of nitrogens with zero attached hydrogens (tertiary/aromatic N) is 5. The molecule has 1 amide bonds. The molecule has 1 saturated carbocycles. The number of nitrogens with one attached hydrogen (secondary N) is 1. The Balaban J connectivity index is 1.44. The zero-order valence-electron chi connectivity index (χ0n) is 12.9. The molecule has 0 unspecified atom stereocenters. The van der Waals surface area contributed by atoms with Crippen molar-refractivity contribution in [1.82, 2.24) is 25.1 Å². The average molecular weight is 312 g/mol. The van der Waals surface area contributed by atoms with Crippen molar-refractivity contribution in [3.05, 3.63) is 30.6 Å². The summed E-state index contributed by atoms with van der Waals surface area (Å²) in [6, 6.07) is 7.58. The molecule has 1 N–H and O–H groups in total. The van der Waals surface area contributed by atoms with E-state index in [1.165, 1.54) is 19.2 Å². The monoisotopic (exact) mass is 312 g/mol. The van der Waals surface area contributed by atoms with Crippen LogP contribution in [0.25, 0.3) is 5.69 Å². The first-order chi connectivity index (χ1) is 11.3. The minimum Gasteiger partial charge on any atom is -0.325 e. The highest BCUT2D eigenvalue weighted by molar-refractivity contribution is 5.95. The maximum Gasteiger partial charge on any atom is 0.241 e. The maximum absolute atomic E-state index is 12.6. The van der Waals surface area contributed by atoms with Crippen LogP contribution in [0.1, 0.15) is 25.7 Å². The highest BCUT2D eigenvalue weighted by atomic mass is 16.2. The lowest BCUT2D eigenvalue weighted by Crippen LogP contribution is -2.40. The van der Waals surface area contributed by atoms with Gasteiger partial charge in [0.25, 0.3) is 0 Å². The van der Waals surface area contributed by atoms with Gasteiger partial charge in [-0.2, -0.15) is 0 Å². The predicted molar refractivity (Wildman–Crippen MR) is 85.1 cm³/mol. The minimum atomic E-state index is 0.00675. The Labute approximate surface area is 134 Å². The van der Waals surface area contributed by atoms with Crippen molar-refractivity contribution in [2.24, 2.45) is 5.92 Å². The van der Waals surface area contributed by atoms with Gasteiger partial charge >= 0.3 is 0 Å². The second-order valence-electron chi connectivity index (χ2n) is 6.39. The van der Waals surface area contributed by atoms with Gasteiger partial charge in [-0.15, -0.1) is 5.10 Å². The zero-order chi connectivity index (χ0) is 15.6. The Hall–Kier alpha value is -2.28. The van der Waals surface area contributed by atoms with Crippen LogP contribution in [0.2, 0.25) is 0 Å². The average Bonchev–Trinajstić information content (AvgIpc) is 3.04. The predicted octanol–water partition coefficient (Wildman–Crippen LogP) is 1.48. The molecular weight excluding hydrogens is 292 g/mol. The highest BCUT2D eigenvalue weighted by Crippen LogP contribution is 2.32. The van der Waals surface area contributed by atoms with E-state index in [1.54, 1.807) is 4.68 Å². The number of anilines is 1. The first kappa shape index (κ1) is 14.3. The van der Waals surface area contributed by atoms with Gasteiger partial charge in [-0.05, 0) is 66.8 Å². The largest absolute Gasteiger partial charge is 0.325 e. The van der Waals surface area contributed by atoms with Gasteiger partial charge in [0.2, 0.25) is 5.91 Å². The summed E-state index contributed by atoms with van der Waals surface area (Å²) >= 11 is 0. The molecule has 0 radical (unpaired) electrons. The number of rotatable bonds is 5. The van der Waals surface area contributed by atoms with Crippen molar-refractivity contribution >= 4 is 11.6 Å². The number of hydrogen-bond acceptors (Lipinski definition) is 5. The van der Waals surface area contributed by atoms with E-state index >= 15 is 0 Å². The molecule has 2 fully saturated rings. The van der Waals surface area contributed by atoms with E-state index in [-0.39, 0.29) is 11.9 Å². The maximum atomic E-state index is 12.6. The Morgan fingerprint density at radius 2 is 2.22 bits per heavy atom. The number of likely N-dealkylation sites (tertiary alicyclic amines) is 1. The van der Waals surface area contributed by atoms with Crippen molar-refractivity contribution in [1.29, 1.82) is 0 Å². The molecule has 120 valence electrons. The number of carbonyl (C=O) groups is 1. The van der Waals surface area contributed by atoms with E-state index in [4.69, 9.17) is 0 Å². The molecule has 4 rings (SSSR count). The van der Waals surface area contributed by atoms with Crippen LogP contribution in [0.15, 0.2) is 30.6 Å². The van der Waals surface area contributed by atoms with Crippen molar-refractivity contribution in [3.63, 3.8) is 0 Å². The molecule has 2 heterocycles. The smallest absolute Gasteiger partial charge is 0.241 e. The summed E-state index contributed by atoms with van der Waals surface area (Å²) in [6.07, 6.45) is 6.23. The van der Waals surface area contributed by atoms with Gasteiger partial charge in [0.15, 0.2) is 0 Å². The second-order valence-corrected chi connectivity index (χ2v) is 6.39. The summed E-state index contributed by atoms with van der Waals surface area (Å²) in [5.41, 5.74) is 1.61. The van der Waals surface area contributed by atoms with Crippen molar-refractivity contribution in [3.8, 4) is 5.69 Å². The Kier molecular flexibility index (Phi) is 3.78. The van der Waals surface area contributed by atoms with Gasteiger partial charge in [-0.1, -0.05) is 6.07 Å². The third-order valence-electron chi connectivity index (χ3n) is 4.58. The summed E-state index contributed by atoms with van der Waals surface area (Å²) in [5, 5.41) is 14.2. The zero-order valence-corrected chi connectivity index (χ0v) is 12.9. The van der Waals surface area contributed by atoms with Crippen LogP contribution < -0.4 is 5.32 Å². The number of benzene rings is 1. The minimum absolute atomic E-state index is 0.00675. The van der Waals surface area contributed by atoms with Gasteiger partial charge in [0, 0.05) is 12.2 Å². The van der Waals surface area contributed by atoms with Gasteiger partial charge in [-0.25, -0.2) is 4.68 Å². The fourth-order valence-electron chi connectivity index (χ4n) is 3.20. The number of carbonyl (C=O) groups excluding carboxylic acids is 1. The van der Waals surface area contributed by atoms with Crippen LogP contribution in [0.5, 0.6) is 0 Å². The summed E-state index contributed by atoms with van der Waals surface area (Å²) < 4.78 is 1.57. The van der Waals surface area contributed by atoms with E-state index in [1.807, 2.05) is 24.3 Å². The molecule has 2 aromatic rings. The number of tetrazole rings is 1. The van der Waals surface area contributed by atoms with Crippen LogP contribution in [-0.2, 0) is 4.79 Å². The lowest BCUT2D eigenvalue weighted by molar-refractivity contribution is -0.120. The lowest BCUT2D eigenvalue weighted by Gasteiger charge is -2.23. The third-order valence-corrected chi connectivity index (χ3v) is 4.58. The van der Waals surface area contributed by atoms with E-state index < -0.39 is 0 Å². The molecule has 1 aliphatic carbocycles. The molecule has 1 aliphatic heterocycles. The topological polar surface area (TPSA) is 75.9 Å². The molecular formula is C16H20N6O. The summed E-state index contributed by atoms with van der Waals surface area (Å²) in [5.74, 6) is 0.906. The van der Waals surface area contributed by atoms with E-state index in [0.29, 0.717) is 0 Å². The summed E-state index contributed by atoms with van der Waals surface area (Å²) in [7, 11) is 0. The third kappa shape index (κ3) is 3.24. The Bertz CT molecular complexity index is 682. The van der Waals surface area contributed by atoms with E-state index in [2.05, 4.69) is 25.7 Å². The van der Waals surface area contributed by atoms with Crippen molar-refractivity contribution in [2.45, 2.75) is 31.7 Å². The van der Waals surface area contributed by atoms with Gasteiger partial charge < -0.3 is 5.32 Å². The standard InChI is InChI=1S/C16H20N6O/c23-16(15-5-2-8-21(15)10-12-6-7-12)18-13-3-1-4-14(9-13)22-11-17-19-20-22/h1,3-4,9,11-12,15H,2,5-8,10H2,(H,18,23)/t15-/m0/s1. The second kappa shape index (κ2) is 6.08. The van der Waals surface area contributed by atoms with Gasteiger partial charge in [0.1, 0.15) is 6.33 Å². The number of amides is 1. The normalized spacial score (nSPS) is 21.5. The SMILES string of the molecule is O=C(Nc1cccc(-n2cnnn2)c1)[C@@H]1CCCN1CC1CC1. The molecule has 1 atom stereocenters. The molecule has 23 heavy (non-hydrogen) atoms. The molecule has 1 saturated heterocycles. The molecule has 1 aromatic heterocycles. The first-order valence-corrected chi connectivity index (χ1v) is 8.18. The lowest BCUT2D eigenvalue weighted by atomic mass is 10.2. The van der Waals surface area contributed by atoms with Gasteiger partial charge in [0.05, 0.1) is 11.7 Å². The van der Waals surface area contributed by atoms with Crippen LogP contribution in [0.4, 0.5) is 5.69 Å². The van der Waals surface area contributed by atoms with Crippen molar-refractivity contribution in [2.75, 3.05) is 18.4 Å². The van der Waals surface area contributed by atoms with Gasteiger partial charge in [-0.3, -0.25) is 9.69 Å². The van der Waals surface area contributed by atoms with Crippen molar-refractivity contribution < 1.29 is 4.79 Å². The molecule has 0 bridgehead atoms. The quantitative estimate of drug-likeness (QED) is 0.905. The number of aromatic nitrogens is 4. The first-order valence-electron chi connectivity index (χ1n) is 8.18. The van der Waals surface area contributed by atoms with E-state index in [0.717, 1.165) is 43.2 Å². The molecule has 7 heteroatoms. The highest BCUT2D eigenvalue weighted by Gasteiger charge is 2.34. The van der Waals surface area contributed by atoms with E-state index in [9.17, 15) is 4.79 Å². The Morgan fingerprint density at radius 3 is 3.00 bits per heavy atom. The van der Waals surface area contributed by atoms with Crippen LogP contribution in [0, 0.1) is 5.92 Å². The van der Waals surface area contributed by atoms with Crippen LogP contribution >= 0.6 is 0 Å². The van der Waals surface area contributed by atoms with Crippen LogP contribution in [-0.4, -0.2) is 50.1 Å². The molecule has 7 nitrogen and oxygen atoms in total. The summed E-state index contributed by atoms with van der Waals surface area (Å²) in [6.45, 7) is 2.11. The fraction of sp³-hybridized carbons (Fsp3) is 0.500. The summed E-state index contributed by atoms with van der Waals surface area (Å²) in [4.78, 5) is 15.0. The molecule has 0 spiro atoms. The molecule has 2 aliphatic rings. The Morgan fingerprint density at radius 1 is 1.30 bits per heavy atom. The molecule has 1 aromatic carbocycles. The number of hydrogen-bond donors (Lipinski definition) is 1. The van der Waals surface area contributed by atoms with Crippen LogP contribution in [0.3, 0.4) is 0 Å². The fourth-order valence-corrected chi connectivity index (χ4v) is 3.20.